The zero-order valence-corrected chi connectivity index (χ0v) is 21.7. The summed E-state index contributed by atoms with van der Waals surface area (Å²) in [4.78, 5) is 6.62. The van der Waals surface area contributed by atoms with Gasteiger partial charge in [-0.2, -0.15) is 4.31 Å². The minimum absolute atomic E-state index is 0.0777. The number of hydrogen-bond acceptors (Lipinski definition) is 7. The van der Waals surface area contributed by atoms with Crippen molar-refractivity contribution in [3.8, 4) is 16.9 Å². The van der Waals surface area contributed by atoms with Crippen LogP contribution in [0, 0.1) is 11.8 Å². The highest BCUT2D eigenvalue weighted by Gasteiger charge is 2.38. The third-order valence-electron chi connectivity index (χ3n) is 7.06. The van der Waals surface area contributed by atoms with Gasteiger partial charge in [0.15, 0.2) is 0 Å². The van der Waals surface area contributed by atoms with E-state index in [4.69, 9.17) is 9.47 Å². The van der Waals surface area contributed by atoms with E-state index in [1.807, 2.05) is 19.1 Å². The minimum atomic E-state index is -3.86. The van der Waals surface area contributed by atoms with Crippen molar-refractivity contribution < 1.29 is 23.0 Å². The lowest BCUT2D eigenvalue weighted by molar-refractivity contribution is 0.0402. The number of likely N-dealkylation sites (N-methyl/N-ethyl adjacent to an activating group) is 1. The lowest BCUT2D eigenvalue weighted by atomic mass is 9.98. The molecule has 0 aliphatic carbocycles. The largest absolute Gasteiger partial charge is 0.487 e. The van der Waals surface area contributed by atoms with Gasteiger partial charge in [-0.05, 0) is 56.5 Å². The predicted octanol–water partition coefficient (Wildman–Crippen LogP) is 2.88. The summed E-state index contributed by atoms with van der Waals surface area (Å²) in [5.41, 5.74) is 1.73. The fourth-order valence-corrected chi connectivity index (χ4v) is 6.73. The Morgan fingerprint density at radius 1 is 1.20 bits per heavy atom. The average molecular weight is 504 g/mol. The van der Waals surface area contributed by atoms with E-state index in [1.165, 1.54) is 4.31 Å². The second kappa shape index (κ2) is 11.3. The van der Waals surface area contributed by atoms with Gasteiger partial charge in [0.2, 0.25) is 10.0 Å². The molecule has 0 saturated carbocycles. The summed E-state index contributed by atoms with van der Waals surface area (Å²) in [5.74, 6) is 0.858. The maximum atomic E-state index is 13.7. The molecule has 1 N–H and O–H groups in total. The molecule has 0 spiro atoms. The van der Waals surface area contributed by atoms with Crippen molar-refractivity contribution in [3.63, 3.8) is 0 Å². The van der Waals surface area contributed by atoms with E-state index in [2.05, 4.69) is 16.9 Å². The molecule has 2 aliphatic rings. The number of pyridine rings is 1. The third kappa shape index (κ3) is 6.03. The summed E-state index contributed by atoms with van der Waals surface area (Å²) < 4.78 is 40.8. The summed E-state index contributed by atoms with van der Waals surface area (Å²) in [5, 5.41) is 9.84. The highest BCUT2D eigenvalue weighted by molar-refractivity contribution is 7.89. The van der Waals surface area contributed by atoms with Crippen LogP contribution in [0.25, 0.3) is 11.1 Å². The molecular formula is C26H37N3O5S. The Morgan fingerprint density at radius 3 is 2.66 bits per heavy atom. The van der Waals surface area contributed by atoms with E-state index < -0.39 is 16.1 Å². The van der Waals surface area contributed by atoms with Crippen molar-refractivity contribution in [2.24, 2.45) is 11.8 Å². The summed E-state index contributed by atoms with van der Waals surface area (Å²) >= 11 is 0. The van der Waals surface area contributed by atoms with Gasteiger partial charge in [-0.25, -0.2) is 8.42 Å². The first-order chi connectivity index (χ1) is 16.8. The molecule has 3 atom stereocenters. The van der Waals surface area contributed by atoms with Gasteiger partial charge >= 0.3 is 0 Å². The Morgan fingerprint density at radius 2 is 1.97 bits per heavy atom. The number of rotatable bonds is 7. The first-order valence-corrected chi connectivity index (χ1v) is 13.8. The molecule has 2 aromatic rings. The van der Waals surface area contributed by atoms with Crippen LogP contribution in [0.15, 0.2) is 47.6 Å². The number of aliphatic hydroxyl groups is 1. The molecular weight excluding hydrogens is 466 g/mol. The topological polar surface area (TPSA) is 92.2 Å². The zero-order chi connectivity index (χ0) is 25.0. The fourth-order valence-electron chi connectivity index (χ4n) is 4.91. The monoisotopic (exact) mass is 503 g/mol. The Balaban J connectivity index is 1.67. The smallest absolute Gasteiger partial charge is 0.247 e. The summed E-state index contributed by atoms with van der Waals surface area (Å²) in [7, 11) is -1.76. The maximum absolute atomic E-state index is 13.7. The molecule has 3 heterocycles. The number of hydrogen-bond donors (Lipinski definition) is 1. The number of ether oxygens (including phenoxy) is 2. The van der Waals surface area contributed by atoms with Gasteiger partial charge in [-0.15, -0.1) is 0 Å². The molecule has 0 unspecified atom stereocenters. The van der Waals surface area contributed by atoms with Crippen LogP contribution in [0.2, 0.25) is 0 Å². The SMILES string of the molecule is C[C@H](CO)N1C[C@H](C)[C@@H](CN(C)CC2CCOCC2)Oc2cc(-c3cccnc3)ccc2S1(=O)=O. The molecule has 0 amide bonds. The first kappa shape index (κ1) is 26.0. The van der Waals surface area contributed by atoms with E-state index in [1.54, 1.807) is 37.5 Å². The molecule has 1 fully saturated rings. The first-order valence-electron chi connectivity index (χ1n) is 12.4. The second-order valence-electron chi connectivity index (χ2n) is 9.92. The summed E-state index contributed by atoms with van der Waals surface area (Å²) in [6.45, 7) is 7.05. The quantitative estimate of drug-likeness (QED) is 0.621. The molecule has 9 heteroatoms. The zero-order valence-electron chi connectivity index (χ0n) is 20.8. The number of sulfonamides is 1. The molecule has 192 valence electrons. The van der Waals surface area contributed by atoms with Crippen molar-refractivity contribution >= 4 is 10.0 Å². The van der Waals surface area contributed by atoms with Crippen LogP contribution in [0.4, 0.5) is 0 Å². The lowest BCUT2D eigenvalue weighted by Crippen LogP contribution is -2.50. The van der Waals surface area contributed by atoms with Crippen LogP contribution < -0.4 is 4.74 Å². The fraction of sp³-hybridized carbons (Fsp3) is 0.577. The average Bonchev–Trinajstić information content (AvgIpc) is 2.86. The number of aromatic nitrogens is 1. The van der Waals surface area contributed by atoms with E-state index in [0.29, 0.717) is 18.2 Å². The van der Waals surface area contributed by atoms with Gasteiger partial charge in [0.25, 0.3) is 0 Å². The van der Waals surface area contributed by atoms with Gasteiger partial charge in [-0.1, -0.05) is 19.1 Å². The highest BCUT2D eigenvalue weighted by atomic mass is 32.2. The normalized spacial score (nSPS) is 24.3. The van der Waals surface area contributed by atoms with Crippen molar-refractivity contribution in [1.82, 2.24) is 14.2 Å². The number of nitrogens with zero attached hydrogens (tertiary/aromatic N) is 3. The lowest BCUT2D eigenvalue weighted by Gasteiger charge is -2.38. The number of aliphatic hydroxyl groups excluding tert-OH is 1. The Bertz CT molecular complexity index is 1080. The molecule has 35 heavy (non-hydrogen) atoms. The number of fused-ring (bicyclic) bond motifs is 1. The van der Waals surface area contributed by atoms with Crippen molar-refractivity contribution in [2.75, 3.05) is 46.5 Å². The van der Waals surface area contributed by atoms with Crippen LogP contribution in [0.1, 0.15) is 26.7 Å². The van der Waals surface area contributed by atoms with E-state index in [9.17, 15) is 13.5 Å². The van der Waals surface area contributed by atoms with Crippen LogP contribution in [0.5, 0.6) is 5.75 Å². The predicted molar refractivity (Wildman–Crippen MR) is 135 cm³/mol. The standard InChI is InChI=1S/C26H37N3O5S/c1-19-15-29(20(2)18-30)35(31,32)26-7-6-22(23-5-4-10-27-14-23)13-24(26)34-25(19)17-28(3)16-21-8-11-33-12-9-21/h4-7,10,13-14,19-21,25,30H,8-9,11-12,15-18H2,1-3H3/t19-,20+,25+/m0/s1. The van der Waals surface area contributed by atoms with Crippen LogP contribution in [0.3, 0.4) is 0 Å². The van der Waals surface area contributed by atoms with Crippen molar-refractivity contribution in [3.05, 3.63) is 42.7 Å². The number of benzene rings is 1. The maximum Gasteiger partial charge on any atom is 0.247 e. The third-order valence-corrected chi connectivity index (χ3v) is 9.08. The summed E-state index contributed by atoms with van der Waals surface area (Å²) in [6, 6.07) is 8.46. The minimum Gasteiger partial charge on any atom is -0.487 e. The molecule has 8 nitrogen and oxygen atoms in total. The van der Waals surface area contributed by atoms with E-state index in [-0.39, 0.29) is 30.1 Å². The molecule has 1 aromatic carbocycles. The Kier molecular flexibility index (Phi) is 8.44. The van der Waals surface area contributed by atoms with Crippen molar-refractivity contribution in [2.45, 2.75) is 43.7 Å². The van der Waals surface area contributed by atoms with Gasteiger partial charge in [0.1, 0.15) is 16.7 Å². The van der Waals surface area contributed by atoms with Gasteiger partial charge in [0, 0.05) is 62.8 Å². The molecule has 1 aromatic heterocycles. The van der Waals surface area contributed by atoms with E-state index >= 15 is 0 Å². The molecule has 2 aliphatic heterocycles. The van der Waals surface area contributed by atoms with Crippen LogP contribution >= 0.6 is 0 Å². The van der Waals surface area contributed by atoms with Crippen molar-refractivity contribution in [1.29, 1.82) is 0 Å². The molecule has 1 saturated heterocycles. The Labute approximate surface area is 208 Å². The summed E-state index contributed by atoms with van der Waals surface area (Å²) in [6.07, 6.45) is 5.36. The van der Waals surface area contributed by atoms with Gasteiger partial charge in [-0.3, -0.25) is 4.98 Å². The van der Waals surface area contributed by atoms with E-state index in [0.717, 1.165) is 43.7 Å². The van der Waals surface area contributed by atoms with Gasteiger partial charge < -0.3 is 19.5 Å². The molecule has 0 radical (unpaired) electrons. The highest BCUT2D eigenvalue weighted by Crippen LogP contribution is 2.36. The second-order valence-corrected chi connectivity index (χ2v) is 11.8. The van der Waals surface area contributed by atoms with Gasteiger partial charge in [0.05, 0.1) is 6.61 Å². The van der Waals surface area contributed by atoms with Crippen LogP contribution in [-0.2, 0) is 14.8 Å². The Hall–Kier alpha value is -2.04. The van der Waals surface area contributed by atoms with Crippen LogP contribution in [-0.4, -0.2) is 86.4 Å². The molecule has 0 bridgehead atoms. The molecule has 4 rings (SSSR count).